The summed E-state index contributed by atoms with van der Waals surface area (Å²) in [7, 11) is 0. The van der Waals surface area contributed by atoms with Crippen molar-refractivity contribution in [1.82, 2.24) is 4.98 Å². The van der Waals surface area contributed by atoms with Crippen molar-refractivity contribution in [2.45, 2.75) is 18.7 Å². The van der Waals surface area contributed by atoms with Gasteiger partial charge in [-0.2, -0.15) is 0 Å². The van der Waals surface area contributed by atoms with Crippen LogP contribution in [0.2, 0.25) is 0 Å². The van der Waals surface area contributed by atoms with E-state index in [4.69, 9.17) is 16.3 Å². The molecule has 0 N–H and O–H groups in total. The molecular formula is C14H12ClNO. The average Bonchev–Trinajstić information content (AvgIpc) is 2.35. The third kappa shape index (κ3) is 1.89. The van der Waals surface area contributed by atoms with Gasteiger partial charge in [0.1, 0.15) is 5.75 Å². The zero-order valence-electron chi connectivity index (χ0n) is 9.48. The van der Waals surface area contributed by atoms with Crippen molar-refractivity contribution in [2.24, 2.45) is 0 Å². The summed E-state index contributed by atoms with van der Waals surface area (Å²) >= 11 is 6.09. The van der Waals surface area contributed by atoms with Crippen molar-refractivity contribution in [3.05, 3.63) is 53.2 Å². The quantitative estimate of drug-likeness (QED) is 0.603. The Morgan fingerprint density at radius 3 is 3.00 bits per heavy atom. The maximum absolute atomic E-state index is 6.09. The van der Waals surface area contributed by atoms with Gasteiger partial charge in [0.05, 0.1) is 5.38 Å². The van der Waals surface area contributed by atoms with Crippen molar-refractivity contribution < 1.29 is 4.74 Å². The molecule has 3 heteroatoms. The Kier molecular flexibility index (Phi) is 2.52. The van der Waals surface area contributed by atoms with Gasteiger partial charge in [0, 0.05) is 18.2 Å². The number of ether oxygens (including phenoxy) is 1. The van der Waals surface area contributed by atoms with Gasteiger partial charge in [-0.15, -0.1) is 11.6 Å². The molecule has 0 amide bonds. The van der Waals surface area contributed by atoms with Crippen molar-refractivity contribution in [3.63, 3.8) is 0 Å². The lowest BCUT2D eigenvalue weighted by atomic mass is 9.99. The summed E-state index contributed by atoms with van der Waals surface area (Å²) < 4.78 is 5.76. The number of hydrogen-bond donors (Lipinski definition) is 0. The van der Waals surface area contributed by atoms with Crippen LogP contribution >= 0.6 is 11.6 Å². The van der Waals surface area contributed by atoms with Crippen LogP contribution in [0.4, 0.5) is 0 Å². The molecule has 2 aromatic rings. The highest BCUT2D eigenvalue weighted by molar-refractivity contribution is 6.20. The molecule has 3 rings (SSSR count). The Morgan fingerprint density at radius 2 is 2.18 bits per heavy atom. The highest BCUT2D eigenvalue weighted by atomic mass is 35.5. The highest BCUT2D eigenvalue weighted by Gasteiger charge is 2.18. The normalized spacial score (nSPS) is 14.5. The fourth-order valence-corrected chi connectivity index (χ4v) is 2.18. The van der Waals surface area contributed by atoms with E-state index in [1.54, 1.807) is 6.20 Å². The summed E-state index contributed by atoms with van der Waals surface area (Å²) in [5.41, 5.74) is 3.43. The van der Waals surface area contributed by atoms with E-state index >= 15 is 0 Å². The average molecular weight is 246 g/mol. The number of pyridine rings is 1. The van der Waals surface area contributed by atoms with Crippen LogP contribution in [0.5, 0.6) is 11.6 Å². The molecule has 1 aliphatic rings. The second-order valence-electron chi connectivity index (χ2n) is 4.23. The van der Waals surface area contributed by atoms with Gasteiger partial charge in [-0.05, 0) is 30.2 Å². The number of halogens is 1. The van der Waals surface area contributed by atoms with E-state index in [0.29, 0.717) is 5.88 Å². The van der Waals surface area contributed by atoms with E-state index in [1.165, 1.54) is 5.56 Å². The minimum absolute atomic E-state index is 0.0237. The van der Waals surface area contributed by atoms with Gasteiger partial charge in [-0.1, -0.05) is 18.2 Å². The summed E-state index contributed by atoms with van der Waals surface area (Å²) in [6, 6.07) is 10.1. The summed E-state index contributed by atoms with van der Waals surface area (Å²) in [4.78, 5) is 4.23. The van der Waals surface area contributed by atoms with Gasteiger partial charge in [-0.3, -0.25) is 0 Å². The fraction of sp³-hybridized carbons (Fsp3) is 0.214. The van der Waals surface area contributed by atoms with Gasteiger partial charge in [0.25, 0.3) is 0 Å². The molecule has 0 saturated carbocycles. The molecule has 2 heterocycles. The number of alkyl halides is 1. The molecule has 0 radical (unpaired) electrons. The van der Waals surface area contributed by atoms with Crippen LogP contribution in [-0.4, -0.2) is 4.98 Å². The third-order valence-corrected chi connectivity index (χ3v) is 3.23. The molecule has 0 fully saturated rings. The van der Waals surface area contributed by atoms with Crippen molar-refractivity contribution >= 4 is 11.6 Å². The first-order chi connectivity index (χ1) is 8.24. The molecule has 1 atom stereocenters. The number of fused-ring (bicyclic) bond motifs is 2. The lowest BCUT2D eigenvalue weighted by Gasteiger charge is -2.20. The van der Waals surface area contributed by atoms with Crippen LogP contribution in [0.15, 0.2) is 36.5 Å². The molecular weight excluding hydrogens is 234 g/mol. The standard InChI is InChI=1S/C14H12ClNO/c1-9(15)10-4-5-13-12(7-10)8-11-3-2-6-16-14(11)17-13/h2-7,9H,8H2,1H3. The molecule has 86 valence electrons. The molecule has 0 aliphatic carbocycles. The molecule has 1 unspecified atom stereocenters. The van der Waals surface area contributed by atoms with Gasteiger partial charge in [0.2, 0.25) is 5.88 Å². The third-order valence-electron chi connectivity index (χ3n) is 2.98. The highest BCUT2D eigenvalue weighted by Crippen LogP contribution is 2.36. The molecule has 0 saturated heterocycles. The van der Waals surface area contributed by atoms with E-state index in [1.807, 2.05) is 31.2 Å². The number of benzene rings is 1. The molecule has 2 nitrogen and oxygen atoms in total. The lowest BCUT2D eigenvalue weighted by molar-refractivity contribution is 0.440. The zero-order chi connectivity index (χ0) is 11.8. The van der Waals surface area contributed by atoms with Gasteiger partial charge < -0.3 is 4.74 Å². The Morgan fingerprint density at radius 1 is 1.29 bits per heavy atom. The Balaban J connectivity index is 2.03. The summed E-state index contributed by atoms with van der Waals surface area (Å²) in [6.07, 6.45) is 2.61. The maximum Gasteiger partial charge on any atom is 0.222 e. The molecule has 0 spiro atoms. The Hall–Kier alpha value is -1.54. The van der Waals surface area contributed by atoms with Crippen molar-refractivity contribution in [3.8, 4) is 11.6 Å². The van der Waals surface area contributed by atoms with E-state index < -0.39 is 0 Å². The summed E-state index contributed by atoms with van der Waals surface area (Å²) in [5.74, 6) is 1.60. The minimum Gasteiger partial charge on any atom is -0.438 e. The van der Waals surface area contributed by atoms with Crippen molar-refractivity contribution in [1.29, 1.82) is 0 Å². The predicted octanol–water partition coefficient (Wildman–Crippen LogP) is 4.08. The van der Waals surface area contributed by atoms with Crippen LogP contribution in [0.25, 0.3) is 0 Å². The van der Waals surface area contributed by atoms with Crippen LogP contribution < -0.4 is 4.74 Å². The van der Waals surface area contributed by atoms with E-state index in [9.17, 15) is 0 Å². The smallest absolute Gasteiger partial charge is 0.222 e. The van der Waals surface area contributed by atoms with Crippen molar-refractivity contribution in [2.75, 3.05) is 0 Å². The van der Waals surface area contributed by atoms with E-state index in [0.717, 1.165) is 23.3 Å². The van der Waals surface area contributed by atoms with E-state index in [2.05, 4.69) is 11.1 Å². The molecule has 1 aromatic heterocycles. The van der Waals surface area contributed by atoms with Gasteiger partial charge >= 0.3 is 0 Å². The number of aromatic nitrogens is 1. The predicted molar refractivity (Wildman–Crippen MR) is 67.8 cm³/mol. The van der Waals surface area contributed by atoms with Crippen LogP contribution in [0, 0.1) is 0 Å². The second kappa shape index (κ2) is 4.04. The van der Waals surface area contributed by atoms with Crippen LogP contribution in [-0.2, 0) is 6.42 Å². The van der Waals surface area contributed by atoms with E-state index in [-0.39, 0.29) is 5.38 Å². The van der Waals surface area contributed by atoms with Crippen LogP contribution in [0.3, 0.4) is 0 Å². The Labute approximate surface area is 105 Å². The van der Waals surface area contributed by atoms with Gasteiger partial charge in [-0.25, -0.2) is 4.98 Å². The summed E-state index contributed by atoms with van der Waals surface area (Å²) in [6.45, 7) is 1.97. The fourth-order valence-electron chi connectivity index (χ4n) is 2.04. The number of hydrogen-bond acceptors (Lipinski definition) is 2. The first-order valence-corrected chi connectivity index (χ1v) is 6.06. The molecule has 0 bridgehead atoms. The molecule has 17 heavy (non-hydrogen) atoms. The van der Waals surface area contributed by atoms with Gasteiger partial charge in [0.15, 0.2) is 0 Å². The SMILES string of the molecule is CC(Cl)c1ccc2c(c1)Cc1cccnc1O2. The second-order valence-corrected chi connectivity index (χ2v) is 4.88. The summed E-state index contributed by atoms with van der Waals surface area (Å²) in [5, 5.41) is 0.0237. The maximum atomic E-state index is 6.09. The lowest BCUT2D eigenvalue weighted by Crippen LogP contribution is -2.05. The Bertz CT molecular complexity index is 566. The zero-order valence-corrected chi connectivity index (χ0v) is 10.2. The first kappa shape index (κ1) is 10.6. The molecule has 1 aliphatic heterocycles. The minimum atomic E-state index is 0.0237. The monoisotopic (exact) mass is 245 g/mol. The molecule has 1 aromatic carbocycles. The number of rotatable bonds is 1. The largest absolute Gasteiger partial charge is 0.438 e. The first-order valence-electron chi connectivity index (χ1n) is 5.62. The number of nitrogens with zero attached hydrogens (tertiary/aromatic N) is 1. The van der Waals surface area contributed by atoms with Crippen LogP contribution in [0.1, 0.15) is 29.0 Å². The topological polar surface area (TPSA) is 22.1 Å².